The number of fused-ring (bicyclic) bond motifs is 1. The van der Waals surface area contributed by atoms with Crippen LogP contribution in [0.25, 0.3) is 22.8 Å². The third kappa shape index (κ3) is 4.78. The maximum Gasteiger partial charge on any atom is 0.434 e. The molecule has 5 rings (SSSR count). The van der Waals surface area contributed by atoms with Crippen LogP contribution in [0, 0.1) is 5.82 Å². The fourth-order valence-corrected chi connectivity index (χ4v) is 4.98. The van der Waals surface area contributed by atoms with Gasteiger partial charge < -0.3 is 15.2 Å². The molecule has 0 saturated carbocycles. The van der Waals surface area contributed by atoms with E-state index in [1.165, 1.54) is 16.7 Å². The van der Waals surface area contributed by atoms with Gasteiger partial charge in [-0.25, -0.2) is 14.1 Å². The van der Waals surface area contributed by atoms with Crippen LogP contribution in [0.15, 0.2) is 36.7 Å². The minimum atomic E-state index is -4.61. The van der Waals surface area contributed by atoms with Gasteiger partial charge in [0.25, 0.3) is 0 Å². The molecule has 1 aliphatic heterocycles. The molecule has 8 nitrogen and oxygen atoms in total. The number of benzene rings is 1. The molecule has 1 unspecified atom stereocenters. The Bertz CT molecular complexity index is 1470. The molecule has 4 aromatic rings. The van der Waals surface area contributed by atoms with Crippen molar-refractivity contribution < 1.29 is 17.6 Å². The minimum absolute atomic E-state index is 0.00497. The van der Waals surface area contributed by atoms with Crippen molar-refractivity contribution in [2.24, 2.45) is 5.73 Å². The monoisotopic (exact) mass is 550 g/mol. The molecule has 13 heteroatoms. The molecule has 0 amide bonds. The molecule has 2 N–H and O–H groups in total. The molecule has 0 bridgehead atoms. The molecule has 38 heavy (non-hydrogen) atoms. The van der Waals surface area contributed by atoms with Crippen molar-refractivity contribution in [3.63, 3.8) is 0 Å². The van der Waals surface area contributed by atoms with Crippen LogP contribution in [-0.2, 0) is 25.8 Å². The SMILES string of the molecule is CCn1cc(C(F)(F)F)nc1-c1ccc(CN2CC(N)Cn3nc(-c4c(Cl)cnn4C(C)C)cc32)cc1F. The Morgan fingerprint density at radius 1 is 1.18 bits per heavy atom. The Labute approximate surface area is 221 Å². The molecule has 1 aliphatic rings. The van der Waals surface area contributed by atoms with Crippen LogP contribution in [0.4, 0.5) is 23.4 Å². The summed E-state index contributed by atoms with van der Waals surface area (Å²) in [5, 5.41) is 9.57. The van der Waals surface area contributed by atoms with Crippen molar-refractivity contribution in [3.8, 4) is 22.8 Å². The second kappa shape index (κ2) is 9.73. The first-order valence-electron chi connectivity index (χ1n) is 12.2. The normalized spacial score (nSPS) is 15.9. The van der Waals surface area contributed by atoms with Crippen molar-refractivity contribution in [3.05, 3.63) is 58.8 Å². The number of aromatic nitrogens is 6. The number of hydrogen-bond donors (Lipinski definition) is 1. The zero-order chi connectivity index (χ0) is 27.4. The fourth-order valence-electron chi connectivity index (χ4n) is 4.75. The minimum Gasteiger partial charge on any atom is -0.351 e. The molecular weight excluding hydrogens is 524 g/mol. The van der Waals surface area contributed by atoms with Crippen molar-refractivity contribution in [1.29, 1.82) is 0 Å². The van der Waals surface area contributed by atoms with E-state index in [9.17, 15) is 13.2 Å². The number of alkyl halides is 3. The Morgan fingerprint density at radius 2 is 1.95 bits per heavy atom. The lowest BCUT2D eigenvalue weighted by Gasteiger charge is -2.33. The van der Waals surface area contributed by atoms with E-state index in [4.69, 9.17) is 22.4 Å². The van der Waals surface area contributed by atoms with Crippen LogP contribution >= 0.6 is 11.6 Å². The summed E-state index contributed by atoms with van der Waals surface area (Å²) in [6, 6.07) is 6.26. The summed E-state index contributed by atoms with van der Waals surface area (Å²) in [5.41, 5.74) is 7.25. The summed E-state index contributed by atoms with van der Waals surface area (Å²) in [4.78, 5) is 5.66. The molecule has 0 radical (unpaired) electrons. The summed E-state index contributed by atoms with van der Waals surface area (Å²) in [6.07, 6.45) is -2.13. The summed E-state index contributed by atoms with van der Waals surface area (Å²) in [5.74, 6) is 0.0833. The van der Waals surface area contributed by atoms with Crippen molar-refractivity contribution in [2.75, 3.05) is 11.4 Å². The Kier molecular flexibility index (Phi) is 6.72. The summed E-state index contributed by atoms with van der Waals surface area (Å²) < 4.78 is 59.7. The number of rotatable bonds is 6. The summed E-state index contributed by atoms with van der Waals surface area (Å²) in [7, 11) is 0. The Balaban J connectivity index is 1.45. The van der Waals surface area contributed by atoms with Gasteiger partial charge in [-0.1, -0.05) is 17.7 Å². The predicted molar refractivity (Wildman–Crippen MR) is 136 cm³/mol. The first kappa shape index (κ1) is 26.2. The predicted octanol–water partition coefficient (Wildman–Crippen LogP) is 5.37. The second-order valence-electron chi connectivity index (χ2n) is 9.64. The molecule has 1 atom stereocenters. The van der Waals surface area contributed by atoms with E-state index in [1.54, 1.807) is 28.6 Å². The van der Waals surface area contributed by atoms with Gasteiger partial charge in [-0.15, -0.1) is 0 Å². The third-order valence-corrected chi connectivity index (χ3v) is 6.76. The van der Waals surface area contributed by atoms with E-state index in [0.29, 0.717) is 41.6 Å². The lowest BCUT2D eigenvalue weighted by atomic mass is 10.1. The molecule has 0 fully saturated rings. The summed E-state index contributed by atoms with van der Waals surface area (Å²) in [6.45, 7) is 7.24. The zero-order valence-corrected chi connectivity index (χ0v) is 21.8. The van der Waals surface area contributed by atoms with Crippen LogP contribution < -0.4 is 10.6 Å². The molecule has 0 saturated heterocycles. The zero-order valence-electron chi connectivity index (χ0n) is 21.0. The largest absolute Gasteiger partial charge is 0.434 e. The highest BCUT2D eigenvalue weighted by Crippen LogP contribution is 2.35. The van der Waals surface area contributed by atoms with Gasteiger partial charge in [0, 0.05) is 44.0 Å². The first-order chi connectivity index (χ1) is 18.0. The quantitative estimate of drug-likeness (QED) is 0.326. The fraction of sp³-hybridized carbons (Fsp3) is 0.400. The first-order valence-corrected chi connectivity index (χ1v) is 12.6. The number of anilines is 1. The maximum absolute atomic E-state index is 15.2. The molecule has 1 aromatic carbocycles. The van der Waals surface area contributed by atoms with Gasteiger partial charge in [0.15, 0.2) is 5.69 Å². The van der Waals surface area contributed by atoms with E-state index in [0.717, 1.165) is 12.0 Å². The van der Waals surface area contributed by atoms with Crippen LogP contribution in [0.2, 0.25) is 5.02 Å². The standard InChI is InChI=1S/C25H27ClF4N8/c1-4-35-13-21(25(28,29)30)33-24(35)17-6-5-15(7-19(17)27)10-36-11-16(31)12-37-22(36)8-20(34-37)23-18(26)9-32-38(23)14(2)3/h5-9,13-14,16H,4,10-12,31H2,1-3H3. The number of hydrogen-bond acceptors (Lipinski definition) is 5. The van der Waals surface area contributed by atoms with E-state index in [-0.39, 0.29) is 30.0 Å². The van der Waals surface area contributed by atoms with Crippen molar-refractivity contribution >= 4 is 17.4 Å². The number of halogens is 5. The second-order valence-corrected chi connectivity index (χ2v) is 10.0. The van der Waals surface area contributed by atoms with Crippen LogP contribution in [0.5, 0.6) is 0 Å². The van der Waals surface area contributed by atoms with E-state index < -0.39 is 17.7 Å². The molecule has 4 heterocycles. The number of imidazole rings is 1. The molecule has 3 aromatic heterocycles. The molecule has 0 aliphatic carbocycles. The van der Waals surface area contributed by atoms with Crippen LogP contribution in [0.1, 0.15) is 38.1 Å². The molecular formula is C25H27ClF4N8. The van der Waals surface area contributed by atoms with Gasteiger partial charge in [0.1, 0.15) is 28.8 Å². The highest BCUT2D eigenvalue weighted by atomic mass is 35.5. The van der Waals surface area contributed by atoms with Gasteiger partial charge in [0.05, 0.1) is 23.3 Å². The number of nitrogens with two attached hydrogens (primary N) is 1. The highest BCUT2D eigenvalue weighted by molar-refractivity contribution is 6.32. The smallest absolute Gasteiger partial charge is 0.351 e. The van der Waals surface area contributed by atoms with Gasteiger partial charge >= 0.3 is 6.18 Å². The molecule has 202 valence electrons. The van der Waals surface area contributed by atoms with E-state index in [1.807, 2.05) is 24.8 Å². The van der Waals surface area contributed by atoms with Crippen molar-refractivity contribution in [1.82, 2.24) is 29.1 Å². The topological polar surface area (TPSA) is 82.7 Å². The number of aryl methyl sites for hydroxylation is 1. The van der Waals surface area contributed by atoms with Gasteiger partial charge in [-0.3, -0.25) is 4.68 Å². The third-order valence-electron chi connectivity index (χ3n) is 6.48. The summed E-state index contributed by atoms with van der Waals surface area (Å²) >= 11 is 6.43. The number of nitrogens with zero attached hydrogens (tertiary/aromatic N) is 7. The van der Waals surface area contributed by atoms with Gasteiger partial charge in [-0.2, -0.15) is 23.4 Å². The van der Waals surface area contributed by atoms with Crippen LogP contribution in [0.3, 0.4) is 0 Å². The Morgan fingerprint density at radius 3 is 2.61 bits per heavy atom. The van der Waals surface area contributed by atoms with E-state index in [2.05, 4.69) is 10.1 Å². The van der Waals surface area contributed by atoms with E-state index >= 15 is 4.39 Å². The van der Waals surface area contributed by atoms with Gasteiger partial charge in [-0.05, 0) is 38.5 Å². The van der Waals surface area contributed by atoms with Gasteiger partial charge in [0.2, 0.25) is 0 Å². The maximum atomic E-state index is 15.2. The van der Waals surface area contributed by atoms with Crippen molar-refractivity contribution in [2.45, 2.75) is 58.7 Å². The lowest BCUT2D eigenvalue weighted by molar-refractivity contribution is -0.140. The lowest BCUT2D eigenvalue weighted by Crippen LogP contribution is -2.45. The molecule has 0 spiro atoms. The van der Waals surface area contributed by atoms with Crippen LogP contribution in [-0.4, -0.2) is 41.7 Å². The highest BCUT2D eigenvalue weighted by Gasteiger charge is 2.35. The Hall–Kier alpha value is -3.38. The average molecular weight is 551 g/mol. The average Bonchev–Trinajstić information content (AvgIpc) is 3.55.